The average molecular weight is 286 g/mol. The van der Waals surface area contributed by atoms with Crippen molar-refractivity contribution in [2.45, 2.75) is 78.1 Å². The van der Waals surface area contributed by atoms with Gasteiger partial charge in [0.1, 0.15) is 0 Å². The lowest BCUT2D eigenvalue weighted by Crippen LogP contribution is -2.49. The minimum Gasteiger partial charge on any atom is -0.295 e. The summed E-state index contributed by atoms with van der Waals surface area (Å²) in [6.07, 6.45) is 15.3. The van der Waals surface area contributed by atoms with Gasteiger partial charge < -0.3 is 0 Å². The number of carbonyl (C=O) groups excluding carboxylic acids is 1. The summed E-state index contributed by atoms with van der Waals surface area (Å²) in [6.45, 7) is 4.93. The fourth-order valence-electron chi connectivity index (χ4n) is 6.97. The fourth-order valence-corrected chi connectivity index (χ4v) is 6.97. The second kappa shape index (κ2) is 4.70. The Morgan fingerprint density at radius 3 is 2.76 bits per heavy atom. The molecule has 3 saturated carbocycles. The molecule has 4 rings (SSSR count). The molecule has 5 atom stereocenters. The Morgan fingerprint density at radius 1 is 1.10 bits per heavy atom. The number of rotatable bonds is 1. The van der Waals surface area contributed by atoms with Crippen LogP contribution in [0.25, 0.3) is 0 Å². The van der Waals surface area contributed by atoms with E-state index in [-0.39, 0.29) is 0 Å². The molecule has 0 bridgehead atoms. The van der Waals surface area contributed by atoms with Gasteiger partial charge in [0.05, 0.1) is 0 Å². The molecule has 0 aliphatic heterocycles. The first-order valence-electron chi connectivity index (χ1n) is 9.33. The molecule has 4 aliphatic rings. The van der Waals surface area contributed by atoms with Crippen LogP contribution in [0.1, 0.15) is 78.1 Å². The predicted octanol–water partition coefficient (Wildman–Crippen LogP) is 5.30. The van der Waals surface area contributed by atoms with E-state index >= 15 is 0 Å². The molecule has 1 heteroatoms. The molecule has 0 aromatic rings. The van der Waals surface area contributed by atoms with E-state index in [1.54, 1.807) is 0 Å². The van der Waals surface area contributed by atoms with E-state index < -0.39 is 0 Å². The molecule has 0 spiro atoms. The maximum absolute atomic E-state index is 11.8. The van der Waals surface area contributed by atoms with E-state index in [1.807, 2.05) is 6.08 Å². The van der Waals surface area contributed by atoms with E-state index in [0.717, 1.165) is 30.6 Å². The lowest BCUT2D eigenvalue weighted by atomic mass is 9.47. The summed E-state index contributed by atoms with van der Waals surface area (Å²) in [6, 6.07) is 0. The van der Waals surface area contributed by atoms with Crippen molar-refractivity contribution in [1.29, 1.82) is 0 Å². The van der Waals surface area contributed by atoms with Crippen molar-refractivity contribution in [2.24, 2.45) is 28.6 Å². The third-order valence-electron chi connectivity index (χ3n) is 8.19. The van der Waals surface area contributed by atoms with Crippen LogP contribution in [0.2, 0.25) is 0 Å². The van der Waals surface area contributed by atoms with Gasteiger partial charge in [-0.1, -0.05) is 32.3 Å². The molecule has 0 N–H and O–H groups in total. The van der Waals surface area contributed by atoms with Crippen LogP contribution in [-0.2, 0) is 4.79 Å². The molecular weight excluding hydrogens is 256 g/mol. The lowest BCUT2D eigenvalue weighted by Gasteiger charge is -2.58. The second-order valence-electron chi connectivity index (χ2n) is 8.62. The molecule has 0 amide bonds. The number of fused-ring (bicyclic) bond motifs is 5. The first-order valence-corrected chi connectivity index (χ1v) is 9.33. The summed E-state index contributed by atoms with van der Waals surface area (Å²) in [5, 5.41) is 0. The second-order valence-corrected chi connectivity index (χ2v) is 8.62. The van der Waals surface area contributed by atoms with Crippen LogP contribution < -0.4 is 0 Å². The van der Waals surface area contributed by atoms with Crippen LogP contribution in [0.4, 0.5) is 0 Å². The van der Waals surface area contributed by atoms with E-state index in [4.69, 9.17) is 0 Å². The Hall–Kier alpha value is -0.590. The SMILES string of the molecule is CC[C@@]12CCC[C@H]1[C@@H]1CCC3=CC(=O)CC[C@]3(C)[C@H]1CC2. The van der Waals surface area contributed by atoms with Crippen molar-refractivity contribution in [3.63, 3.8) is 0 Å². The molecule has 116 valence electrons. The van der Waals surface area contributed by atoms with Crippen LogP contribution in [-0.4, -0.2) is 5.78 Å². The van der Waals surface area contributed by atoms with Crippen LogP contribution in [0.15, 0.2) is 11.6 Å². The number of carbonyl (C=O) groups is 1. The largest absolute Gasteiger partial charge is 0.295 e. The molecule has 3 fully saturated rings. The molecule has 0 saturated heterocycles. The fraction of sp³-hybridized carbons (Fsp3) is 0.850. The van der Waals surface area contributed by atoms with E-state index in [1.165, 1.54) is 56.9 Å². The van der Waals surface area contributed by atoms with Crippen molar-refractivity contribution in [2.75, 3.05) is 0 Å². The van der Waals surface area contributed by atoms with Gasteiger partial charge in [-0.05, 0) is 79.6 Å². The minimum absolute atomic E-state index is 0.360. The van der Waals surface area contributed by atoms with Crippen LogP contribution in [0.3, 0.4) is 0 Å². The predicted molar refractivity (Wildman–Crippen MR) is 85.9 cm³/mol. The lowest BCUT2D eigenvalue weighted by molar-refractivity contribution is -0.117. The van der Waals surface area contributed by atoms with Crippen LogP contribution in [0, 0.1) is 28.6 Å². The van der Waals surface area contributed by atoms with Gasteiger partial charge in [0.15, 0.2) is 5.78 Å². The molecule has 1 nitrogen and oxygen atoms in total. The average Bonchev–Trinajstić information content (AvgIpc) is 2.92. The normalized spacial score (nSPS) is 49.1. The molecule has 0 aromatic heterocycles. The topological polar surface area (TPSA) is 17.1 Å². The maximum Gasteiger partial charge on any atom is 0.155 e. The zero-order chi connectivity index (χ0) is 14.7. The van der Waals surface area contributed by atoms with Gasteiger partial charge in [-0.2, -0.15) is 0 Å². The molecule has 0 heterocycles. The van der Waals surface area contributed by atoms with Crippen molar-refractivity contribution in [1.82, 2.24) is 0 Å². The van der Waals surface area contributed by atoms with Crippen molar-refractivity contribution in [3.05, 3.63) is 11.6 Å². The molecule has 0 unspecified atom stereocenters. The number of ketones is 1. The Labute approximate surface area is 129 Å². The van der Waals surface area contributed by atoms with Gasteiger partial charge in [0.2, 0.25) is 0 Å². The minimum atomic E-state index is 0.360. The molecule has 4 aliphatic carbocycles. The Kier molecular flexibility index (Phi) is 3.14. The third kappa shape index (κ3) is 1.85. The Balaban J connectivity index is 1.68. The van der Waals surface area contributed by atoms with Crippen molar-refractivity contribution in [3.8, 4) is 0 Å². The van der Waals surface area contributed by atoms with Crippen LogP contribution >= 0.6 is 0 Å². The quantitative estimate of drug-likeness (QED) is 0.639. The number of allylic oxidation sites excluding steroid dienone is 1. The first-order chi connectivity index (χ1) is 10.1. The highest BCUT2D eigenvalue weighted by atomic mass is 16.1. The van der Waals surface area contributed by atoms with E-state index in [9.17, 15) is 4.79 Å². The molecular formula is C20H30O. The highest BCUT2D eigenvalue weighted by Gasteiger charge is 2.56. The summed E-state index contributed by atoms with van der Waals surface area (Å²) in [4.78, 5) is 11.8. The first kappa shape index (κ1) is 14.0. The van der Waals surface area contributed by atoms with Gasteiger partial charge in [-0.25, -0.2) is 0 Å². The maximum atomic E-state index is 11.8. The van der Waals surface area contributed by atoms with Crippen LogP contribution in [0.5, 0.6) is 0 Å². The summed E-state index contributed by atoms with van der Waals surface area (Å²) in [5.41, 5.74) is 2.57. The Bertz CT molecular complexity index is 490. The number of hydrogen-bond donors (Lipinski definition) is 0. The number of hydrogen-bond acceptors (Lipinski definition) is 1. The highest BCUT2D eigenvalue weighted by Crippen LogP contribution is 2.66. The van der Waals surface area contributed by atoms with E-state index in [2.05, 4.69) is 13.8 Å². The summed E-state index contributed by atoms with van der Waals surface area (Å²) in [7, 11) is 0. The van der Waals surface area contributed by atoms with Gasteiger partial charge in [0.25, 0.3) is 0 Å². The van der Waals surface area contributed by atoms with Crippen molar-refractivity contribution >= 4 is 5.78 Å². The molecule has 21 heavy (non-hydrogen) atoms. The Morgan fingerprint density at radius 2 is 1.95 bits per heavy atom. The zero-order valence-corrected chi connectivity index (χ0v) is 13.8. The molecule has 0 aromatic carbocycles. The van der Waals surface area contributed by atoms with E-state index in [0.29, 0.717) is 16.6 Å². The van der Waals surface area contributed by atoms with Gasteiger partial charge in [-0.3, -0.25) is 4.79 Å². The van der Waals surface area contributed by atoms with Crippen molar-refractivity contribution < 1.29 is 4.79 Å². The molecule has 0 radical (unpaired) electrons. The monoisotopic (exact) mass is 286 g/mol. The van der Waals surface area contributed by atoms with Gasteiger partial charge in [-0.15, -0.1) is 0 Å². The summed E-state index contributed by atoms with van der Waals surface area (Å²) >= 11 is 0. The standard InChI is InChI=1S/C20H30O/c1-3-20-10-4-5-18(20)16-7-6-14-13-15(21)8-11-19(14,2)17(16)9-12-20/h13,16-18H,3-12H2,1-2H3/t16-,17+,18+,19+,20+/m1/s1. The van der Waals surface area contributed by atoms with Gasteiger partial charge in [0, 0.05) is 6.42 Å². The zero-order valence-electron chi connectivity index (χ0n) is 13.8. The smallest absolute Gasteiger partial charge is 0.155 e. The highest BCUT2D eigenvalue weighted by molar-refractivity contribution is 5.91. The summed E-state index contributed by atoms with van der Waals surface area (Å²) < 4.78 is 0. The van der Waals surface area contributed by atoms with Gasteiger partial charge >= 0.3 is 0 Å². The third-order valence-corrected chi connectivity index (χ3v) is 8.19. The summed E-state index contributed by atoms with van der Waals surface area (Å²) in [5.74, 6) is 3.21.